The van der Waals surface area contributed by atoms with Crippen molar-refractivity contribution in [2.24, 2.45) is 5.73 Å². The molecule has 2 amide bonds. The maximum absolute atomic E-state index is 12.5. The van der Waals surface area contributed by atoms with Gasteiger partial charge in [0.25, 0.3) is 5.91 Å². The number of hydrogen-bond donors (Lipinski definition) is 2. The average Bonchev–Trinajstić information content (AvgIpc) is 3.22. The third-order valence-corrected chi connectivity index (χ3v) is 6.37. The molecule has 2 aliphatic heterocycles. The van der Waals surface area contributed by atoms with Crippen LogP contribution in [0.5, 0.6) is 0 Å². The molecule has 1 aromatic heterocycles. The quantitative estimate of drug-likeness (QED) is 0.590. The van der Waals surface area contributed by atoms with E-state index >= 15 is 0 Å². The Morgan fingerprint density at radius 3 is 2.56 bits per heavy atom. The molecule has 0 unspecified atom stereocenters. The number of likely N-dealkylation sites (tertiary alicyclic amines) is 1. The van der Waals surface area contributed by atoms with E-state index in [-0.39, 0.29) is 25.1 Å². The van der Waals surface area contributed by atoms with Crippen LogP contribution in [0.25, 0.3) is 0 Å². The van der Waals surface area contributed by atoms with E-state index in [4.69, 9.17) is 10.5 Å². The van der Waals surface area contributed by atoms with Gasteiger partial charge in [-0.2, -0.15) is 10.4 Å². The molecule has 11 heteroatoms. The Bertz CT molecular complexity index is 1050. The lowest BCUT2D eigenvalue weighted by molar-refractivity contribution is -0.00330. The Morgan fingerprint density at radius 2 is 1.91 bits per heavy atom. The number of para-hydroxylation sites is 1. The first kappa shape index (κ1) is 23.5. The standard InChI is InChI=1S/C23H30N8O3/c1-28-9-11-29(12-10-28)13-14-34-22(33)30-16-23(17-30,7-8-24)31-15-19(20(25)32)21(27-31)26-18-5-3-2-4-6-18/h2-6,15H,7,9-14,16-17H2,1H3,(H2,25,32)(H,26,27). The number of nitrogens with two attached hydrogens (primary N) is 1. The van der Waals surface area contributed by atoms with Crippen LogP contribution in [0, 0.1) is 11.3 Å². The van der Waals surface area contributed by atoms with E-state index in [9.17, 15) is 14.9 Å². The molecule has 1 aromatic carbocycles. The zero-order chi connectivity index (χ0) is 24.1. The summed E-state index contributed by atoms with van der Waals surface area (Å²) in [6, 6.07) is 11.5. The van der Waals surface area contributed by atoms with Crippen molar-refractivity contribution in [2.75, 3.05) is 64.8 Å². The fourth-order valence-electron chi connectivity index (χ4n) is 4.25. The number of likely N-dealkylation sites (N-methyl/N-ethyl adjacent to an activating group) is 1. The first-order valence-electron chi connectivity index (χ1n) is 11.3. The molecule has 0 saturated carbocycles. The molecular formula is C23H30N8O3. The second-order valence-electron chi connectivity index (χ2n) is 8.87. The number of nitriles is 1. The zero-order valence-electron chi connectivity index (χ0n) is 19.3. The molecule has 180 valence electrons. The van der Waals surface area contributed by atoms with Crippen LogP contribution in [0.2, 0.25) is 0 Å². The first-order valence-corrected chi connectivity index (χ1v) is 11.3. The van der Waals surface area contributed by atoms with E-state index < -0.39 is 17.5 Å². The van der Waals surface area contributed by atoms with Crippen LogP contribution in [0.3, 0.4) is 0 Å². The number of anilines is 2. The number of nitrogens with zero attached hydrogens (tertiary/aromatic N) is 6. The molecule has 2 fully saturated rings. The topological polar surface area (TPSA) is 133 Å². The highest BCUT2D eigenvalue weighted by molar-refractivity contribution is 5.98. The molecule has 0 bridgehead atoms. The highest BCUT2D eigenvalue weighted by Crippen LogP contribution is 2.34. The Hall–Kier alpha value is -3.62. The Balaban J connectivity index is 1.38. The number of primary amides is 1. The fraction of sp³-hybridized carbons (Fsp3) is 0.478. The minimum Gasteiger partial charge on any atom is -0.448 e. The molecule has 2 aliphatic rings. The van der Waals surface area contributed by atoms with Gasteiger partial charge in [-0.05, 0) is 19.2 Å². The van der Waals surface area contributed by atoms with Crippen LogP contribution >= 0.6 is 0 Å². The van der Waals surface area contributed by atoms with Crippen LogP contribution in [-0.4, -0.2) is 95.9 Å². The van der Waals surface area contributed by atoms with Crippen molar-refractivity contribution < 1.29 is 14.3 Å². The van der Waals surface area contributed by atoms with Crippen molar-refractivity contribution in [3.05, 3.63) is 42.1 Å². The van der Waals surface area contributed by atoms with E-state index in [1.165, 1.54) is 0 Å². The van der Waals surface area contributed by atoms with Crippen molar-refractivity contribution in [1.29, 1.82) is 5.26 Å². The molecular weight excluding hydrogens is 436 g/mol. The summed E-state index contributed by atoms with van der Waals surface area (Å²) in [5.41, 5.74) is 5.80. The van der Waals surface area contributed by atoms with Crippen LogP contribution in [0.1, 0.15) is 16.8 Å². The predicted molar refractivity (Wildman–Crippen MR) is 126 cm³/mol. The molecule has 3 heterocycles. The summed E-state index contributed by atoms with van der Waals surface area (Å²) in [4.78, 5) is 30.7. The molecule has 0 spiro atoms. The largest absolute Gasteiger partial charge is 0.448 e. The summed E-state index contributed by atoms with van der Waals surface area (Å²) in [7, 11) is 2.10. The number of carbonyl (C=O) groups is 2. The van der Waals surface area contributed by atoms with Gasteiger partial charge in [0.05, 0.1) is 25.6 Å². The van der Waals surface area contributed by atoms with Gasteiger partial charge in [0.2, 0.25) is 0 Å². The molecule has 0 radical (unpaired) electrons. The maximum atomic E-state index is 12.5. The molecule has 3 N–H and O–H groups in total. The third-order valence-electron chi connectivity index (χ3n) is 6.37. The summed E-state index contributed by atoms with van der Waals surface area (Å²) in [6.07, 6.45) is 1.26. The lowest BCUT2D eigenvalue weighted by Gasteiger charge is -2.48. The van der Waals surface area contributed by atoms with Crippen molar-refractivity contribution in [3.8, 4) is 6.07 Å². The summed E-state index contributed by atoms with van der Waals surface area (Å²) >= 11 is 0. The number of benzene rings is 1. The van der Waals surface area contributed by atoms with E-state index in [1.54, 1.807) is 15.8 Å². The summed E-state index contributed by atoms with van der Waals surface area (Å²) in [5, 5.41) is 17.1. The lowest BCUT2D eigenvalue weighted by atomic mass is 9.87. The maximum Gasteiger partial charge on any atom is 0.409 e. The second kappa shape index (κ2) is 10.1. The van der Waals surface area contributed by atoms with Gasteiger partial charge in [0, 0.05) is 44.6 Å². The van der Waals surface area contributed by atoms with Gasteiger partial charge in [-0.3, -0.25) is 14.4 Å². The fourth-order valence-corrected chi connectivity index (χ4v) is 4.25. The number of hydrogen-bond acceptors (Lipinski definition) is 8. The molecule has 4 rings (SSSR count). The number of aromatic nitrogens is 2. The molecule has 2 aromatic rings. The number of carbonyl (C=O) groups excluding carboxylic acids is 2. The van der Waals surface area contributed by atoms with Gasteiger partial charge in [0.15, 0.2) is 5.82 Å². The Kier molecular flexibility index (Phi) is 7.00. The number of amides is 2. The Morgan fingerprint density at radius 1 is 1.21 bits per heavy atom. The molecule has 0 aliphatic carbocycles. The van der Waals surface area contributed by atoms with Gasteiger partial charge in [-0.1, -0.05) is 18.2 Å². The average molecular weight is 467 g/mol. The van der Waals surface area contributed by atoms with Crippen molar-refractivity contribution in [2.45, 2.75) is 12.0 Å². The highest BCUT2D eigenvalue weighted by Gasteiger charge is 2.48. The summed E-state index contributed by atoms with van der Waals surface area (Å²) in [6.45, 7) is 5.49. The SMILES string of the molecule is CN1CCN(CCOC(=O)N2CC(CC#N)(n3cc(C(N)=O)c(Nc4ccccc4)n3)C2)CC1. The van der Waals surface area contributed by atoms with Crippen LogP contribution in [0.15, 0.2) is 36.5 Å². The second-order valence-corrected chi connectivity index (χ2v) is 8.87. The van der Waals surface area contributed by atoms with Gasteiger partial charge >= 0.3 is 6.09 Å². The number of nitrogens with one attached hydrogen (secondary N) is 1. The number of ether oxygens (including phenoxy) is 1. The number of rotatable bonds is 8. The Labute approximate surface area is 198 Å². The summed E-state index contributed by atoms with van der Waals surface area (Å²) < 4.78 is 7.04. The van der Waals surface area contributed by atoms with E-state index in [0.717, 1.165) is 31.9 Å². The lowest BCUT2D eigenvalue weighted by Crippen LogP contribution is -2.64. The molecule has 2 saturated heterocycles. The van der Waals surface area contributed by atoms with Crippen molar-refractivity contribution >= 4 is 23.5 Å². The van der Waals surface area contributed by atoms with Gasteiger partial charge in [-0.25, -0.2) is 4.79 Å². The van der Waals surface area contributed by atoms with Crippen LogP contribution < -0.4 is 11.1 Å². The van der Waals surface area contributed by atoms with E-state index in [1.807, 2.05) is 30.3 Å². The van der Waals surface area contributed by atoms with E-state index in [0.29, 0.717) is 19.0 Å². The van der Waals surface area contributed by atoms with E-state index in [2.05, 4.69) is 33.3 Å². The van der Waals surface area contributed by atoms with Gasteiger partial charge in [0.1, 0.15) is 17.7 Å². The highest BCUT2D eigenvalue weighted by atomic mass is 16.6. The minimum absolute atomic E-state index is 0.128. The first-order chi connectivity index (χ1) is 16.4. The van der Waals surface area contributed by atoms with Crippen LogP contribution in [0.4, 0.5) is 16.3 Å². The van der Waals surface area contributed by atoms with Crippen molar-refractivity contribution in [1.82, 2.24) is 24.5 Å². The smallest absolute Gasteiger partial charge is 0.409 e. The van der Waals surface area contributed by atoms with Gasteiger partial charge < -0.3 is 25.6 Å². The third kappa shape index (κ3) is 5.13. The minimum atomic E-state index is -0.744. The zero-order valence-corrected chi connectivity index (χ0v) is 19.3. The molecule has 0 atom stereocenters. The van der Waals surface area contributed by atoms with Crippen LogP contribution in [-0.2, 0) is 10.3 Å². The number of piperazine rings is 1. The van der Waals surface area contributed by atoms with Crippen molar-refractivity contribution in [3.63, 3.8) is 0 Å². The molecule has 34 heavy (non-hydrogen) atoms. The normalized spacial score (nSPS) is 18.1. The monoisotopic (exact) mass is 466 g/mol. The molecule has 11 nitrogen and oxygen atoms in total. The summed E-state index contributed by atoms with van der Waals surface area (Å²) in [5.74, 6) is -0.319. The predicted octanol–water partition coefficient (Wildman–Crippen LogP) is 1.03. The van der Waals surface area contributed by atoms with Gasteiger partial charge in [-0.15, -0.1) is 0 Å².